The second-order valence-electron chi connectivity index (χ2n) is 5.39. The molecular formula is C19H20N2OS. The van der Waals surface area contributed by atoms with Crippen LogP contribution in [0, 0.1) is 0 Å². The van der Waals surface area contributed by atoms with Crippen LogP contribution in [0.3, 0.4) is 0 Å². The van der Waals surface area contributed by atoms with Gasteiger partial charge in [0.25, 0.3) is 0 Å². The first-order chi connectivity index (χ1) is 11.3. The Morgan fingerprint density at radius 1 is 1.17 bits per heavy atom. The lowest BCUT2D eigenvalue weighted by Crippen LogP contribution is -2.18. The fraction of sp³-hybridized carbons (Fsp3) is 0.211. The largest absolute Gasteiger partial charge is 0.496 e. The maximum absolute atomic E-state index is 5.47. The number of hydrogen-bond acceptors (Lipinski definition) is 4. The summed E-state index contributed by atoms with van der Waals surface area (Å²) in [7, 11) is 1.70. The lowest BCUT2D eigenvalue weighted by molar-refractivity contribution is 0.416. The van der Waals surface area contributed by atoms with Gasteiger partial charge in [-0.2, -0.15) is 0 Å². The van der Waals surface area contributed by atoms with Crippen molar-refractivity contribution in [2.45, 2.75) is 19.5 Å². The summed E-state index contributed by atoms with van der Waals surface area (Å²) in [5, 5.41) is 6.54. The normalized spacial score (nSPS) is 12.1. The molecular weight excluding hydrogens is 304 g/mol. The highest BCUT2D eigenvalue weighted by Crippen LogP contribution is 2.32. The van der Waals surface area contributed by atoms with Gasteiger partial charge < -0.3 is 10.1 Å². The standard InChI is InChI=1S/C19H20N2OS/c1-14(16-6-4-3-5-7-16)21-13-15-8-9-18(22-2)17(12-15)19-20-10-11-23-19/h3-12,14,21H,13H2,1-2H3. The van der Waals surface area contributed by atoms with Gasteiger partial charge in [0.05, 0.1) is 12.7 Å². The molecule has 0 radical (unpaired) electrons. The van der Waals surface area contributed by atoms with Crippen LogP contribution in [0.1, 0.15) is 24.1 Å². The van der Waals surface area contributed by atoms with Crippen molar-refractivity contribution in [2.75, 3.05) is 7.11 Å². The van der Waals surface area contributed by atoms with Gasteiger partial charge in [0.1, 0.15) is 10.8 Å². The first-order valence-corrected chi connectivity index (χ1v) is 8.51. The molecule has 2 aromatic carbocycles. The number of nitrogens with one attached hydrogen (secondary N) is 1. The van der Waals surface area contributed by atoms with Crippen LogP contribution in [-0.2, 0) is 6.54 Å². The van der Waals surface area contributed by atoms with Crippen molar-refractivity contribution in [3.63, 3.8) is 0 Å². The topological polar surface area (TPSA) is 34.1 Å². The molecule has 0 aliphatic carbocycles. The molecule has 118 valence electrons. The molecule has 0 aliphatic heterocycles. The van der Waals surface area contributed by atoms with Crippen molar-refractivity contribution < 1.29 is 4.74 Å². The summed E-state index contributed by atoms with van der Waals surface area (Å²) in [6, 6.07) is 17.0. The Balaban J connectivity index is 1.75. The van der Waals surface area contributed by atoms with Crippen molar-refractivity contribution in [2.24, 2.45) is 0 Å². The molecule has 1 heterocycles. The van der Waals surface area contributed by atoms with E-state index in [0.717, 1.165) is 22.9 Å². The Labute approximate surface area is 141 Å². The molecule has 0 spiro atoms. The molecule has 1 unspecified atom stereocenters. The molecule has 4 heteroatoms. The lowest BCUT2D eigenvalue weighted by atomic mass is 10.1. The summed E-state index contributed by atoms with van der Waals surface area (Å²) in [5.74, 6) is 0.861. The lowest BCUT2D eigenvalue weighted by Gasteiger charge is -2.15. The molecule has 3 rings (SSSR count). The predicted octanol–water partition coefficient (Wildman–Crippen LogP) is 4.67. The van der Waals surface area contributed by atoms with Crippen LogP contribution in [0.15, 0.2) is 60.1 Å². The zero-order valence-electron chi connectivity index (χ0n) is 13.3. The number of nitrogens with zero attached hydrogens (tertiary/aromatic N) is 1. The molecule has 1 atom stereocenters. The van der Waals surface area contributed by atoms with Gasteiger partial charge in [-0.05, 0) is 30.2 Å². The van der Waals surface area contributed by atoms with E-state index in [4.69, 9.17) is 4.74 Å². The molecule has 23 heavy (non-hydrogen) atoms. The van der Waals surface area contributed by atoms with Gasteiger partial charge in [0.2, 0.25) is 0 Å². The van der Waals surface area contributed by atoms with Gasteiger partial charge in [-0.15, -0.1) is 11.3 Å². The molecule has 0 saturated heterocycles. The van der Waals surface area contributed by atoms with Crippen molar-refractivity contribution in [3.8, 4) is 16.3 Å². The highest BCUT2D eigenvalue weighted by molar-refractivity contribution is 7.13. The second-order valence-corrected chi connectivity index (χ2v) is 6.28. The number of benzene rings is 2. The van der Waals surface area contributed by atoms with Crippen LogP contribution in [0.25, 0.3) is 10.6 Å². The highest BCUT2D eigenvalue weighted by atomic mass is 32.1. The smallest absolute Gasteiger partial charge is 0.129 e. The van der Waals surface area contributed by atoms with Crippen LogP contribution < -0.4 is 10.1 Å². The molecule has 0 aliphatic rings. The van der Waals surface area contributed by atoms with E-state index in [1.807, 2.05) is 23.7 Å². The quantitative estimate of drug-likeness (QED) is 0.715. The minimum atomic E-state index is 0.307. The van der Waals surface area contributed by atoms with E-state index in [0.29, 0.717) is 6.04 Å². The van der Waals surface area contributed by atoms with Crippen LogP contribution in [0.2, 0.25) is 0 Å². The number of thiazole rings is 1. The number of rotatable bonds is 6. The third kappa shape index (κ3) is 3.78. The van der Waals surface area contributed by atoms with Gasteiger partial charge in [0.15, 0.2) is 0 Å². The van der Waals surface area contributed by atoms with E-state index in [-0.39, 0.29) is 0 Å². The molecule has 0 saturated carbocycles. The molecule has 3 aromatic rings. The van der Waals surface area contributed by atoms with Crippen LogP contribution in [0.5, 0.6) is 5.75 Å². The van der Waals surface area contributed by atoms with Crippen LogP contribution >= 0.6 is 11.3 Å². The first kappa shape index (κ1) is 15.7. The molecule has 3 nitrogen and oxygen atoms in total. The monoisotopic (exact) mass is 324 g/mol. The zero-order chi connectivity index (χ0) is 16.1. The van der Waals surface area contributed by atoms with E-state index >= 15 is 0 Å². The molecule has 0 bridgehead atoms. The molecule has 0 amide bonds. The van der Waals surface area contributed by atoms with E-state index in [1.54, 1.807) is 18.4 Å². The maximum atomic E-state index is 5.47. The van der Waals surface area contributed by atoms with Crippen molar-refractivity contribution >= 4 is 11.3 Å². The van der Waals surface area contributed by atoms with E-state index in [2.05, 4.69) is 53.6 Å². The predicted molar refractivity (Wildman–Crippen MR) is 95.8 cm³/mol. The Kier molecular flexibility index (Phi) is 5.05. The minimum absolute atomic E-state index is 0.307. The highest BCUT2D eigenvalue weighted by Gasteiger charge is 2.10. The third-order valence-corrected chi connectivity index (χ3v) is 4.64. The Morgan fingerprint density at radius 2 is 2.00 bits per heavy atom. The van der Waals surface area contributed by atoms with Crippen LogP contribution in [-0.4, -0.2) is 12.1 Å². The summed E-state index contributed by atoms with van der Waals surface area (Å²) >= 11 is 1.62. The number of ether oxygens (including phenoxy) is 1. The van der Waals surface area contributed by atoms with Gasteiger partial charge in [-0.3, -0.25) is 0 Å². The fourth-order valence-electron chi connectivity index (χ4n) is 2.52. The van der Waals surface area contributed by atoms with Gasteiger partial charge in [-0.25, -0.2) is 4.98 Å². The van der Waals surface area contributed by atoms with Crippen molar-refractivity contribution in [1.82, 2.24) is 10.3 Å². The summed E-state index contributed by atoms with van der Waals surface area (Å²) < 4.78 is 5.47. The van der Waals surface area contributed by atoms with E-state index in [1.165, 1.54) is 11.1 Å². The summed E-state index contributed by atoms with van der Waals surface area (Å²) in [6.07, 6.45) is 1.82. The first-order valence-electron chi connectivity index (χ1n) is 7.63. The summed E-state index contributed by atoms with van der Waals surface area (Å²) in [6.45, 7) is 2.99. The molecule has 0 fully saturated rings. The summed E-state index contributed by atoms with van der Waals surface area (Å²) in [4.78, 5) is 4.40. The molecule has 1 aromatic heterocycles. The van der Waals surface area contributed by atoms with Crippen LogP contribution in [0.4, 0.5) is 0 Å². The SMILES string of the molecule is COc1ccc(CNC(C)c2ccccc2)cc1-c1nccs1. The summed E-state index contributed by atoms with van der Waals surface area (Å²) in [5.41, 5.74) is 3.56. The van der Waals surface area contributed by atoms with Gasteiger partial charge >= 0.3 is 0 Å². The van der Waals surface area contributed by atoms with Gasteiger partial charge in [0, 0.05) is 24.2 Å². The second kappa shape index (κ2) is 7.40. The average molecular weight is 324 g/mol. The fourth-order valence-corrected chi connectivity index (χ4v) is 3.18. The number of hydrogen-bond donors (Lipinski definition) is 1. The average Bonchev–Trinajstić information content (AvgIpc) is 3.14. The van der Waals surface area contributed by atoms with Gasteiger partial charge in [-0.1, -0.05) is 36.4 Å². The Morgan fingerprint density at radius 3 is 2.70 bits per heavy atom. The molecule has 1 N–H and O–H groups in total. The minimum Gasteiger partial charge on any atom is -0.496 e. The maximum Gasteiger partial charge on any atom is 0.129 e. The van der Waals surface area contributed by atoms with E-state index in [9.17, 15) is 0 Å². The number of aromatic nitrogens is 1. The number of methoxy groups -OCH3 is 1. The Bertz CT molecular complexity index is 741. The van der Waals surface area contributed by atoms with Crippen molar-refractivity contribution in [3.05, 3.63) is 71.2 Å². The zero-order valence-corrected chi connectivity index (χ0v) is 14.1. The Hall–Kier alpha value is -2.17. The van der Waals surface area contributed by atoms with E-state index < -0.39 is 0 Å². The third-order valence-electron chi connectivity index (χ3n) is 3.84. The van der Waals surface area contributed by atoms with Crippen molar-refractivity contribution in [1.29, 1.82) is 0 Å².